The van der Waals surface area contributed by atoms with E-state index < -0.39 is 19.9 Å². The molecule has 0 aliphatic rings. The summed E-state index contributed by atoms with van der Waals surface area (Å²) in [5.74, 6) is 0.142. The fraction of sp³-hybridized carbons (Fsp3) is 0.467. The molecule has 0 bridgehead atoms. The second-order valence-electron chi connectivity index (χ2n) is 6.63. The molecule has 132 valence electrons. The van der Waals surface area contributed by atoms with Crippen LogP contribution in [0, 0.1) is 0 Å². The van der Waals surface area contributed by atoms with Gasteiger partial charge in [-0.25, -0.2) is 4.98 Å². The van der Waals surface area contributed by atoms with Gasteiger partial charge in [-0.1, -0.05) is 19.6 Å². The second-order valence-corrected chi connectivity index (χ2v) is 13.2. The van der Waals surface area contributed by atoms with Gasteiger partial charge in [0.1, 0.15) is 12.4 Å². The minimum atomic E-state index is -4.51. The first-order chi connectivity index (χ1) is 11.1. The maximum atomic E-state index is 13.0. The van der Waals surface area contributed by atoms with Crippen molar-refractivity contribution in [2.45, 2.75) is 38.6 Å². The summed E-state index contributed by atoms with van der Waals surface area (Å²) >= 11 is 3.25. The highest BCUT2D eigenvalue weighted by Crippen LogP contribution is 2.30. The predicted molar refractivity (Wildman–Crippen MR) is 92.3 cm³/mol. The highest BCUT2D eigenvalue weighted by atomic mass is 79.9. The summed E-state index contributed by atoms with van der Waals surface area (Å²) in [7, 11) is -1.25. The summed E-state index contributed by atoms with van der Waals surface area (Å²) in [5.41, 5.74) is -0.585. The van der Waals surface area contributed by atoms with Crippen LogP contribution in [0.1, 0.15) is 5.69 Å². The lowest BCUT2D eigenvalue weighted by Gasteiger charge is -2.16. The normalized spacial score (nSPS) is 12.6. The molecule has 0 atom stereocenters. The Labute approximate surface area is 148 Å². The lowest BCUT2D eigenvalue weighted by Crippen LogP contribution is -2.22. The average molecular weight is 422 g/mol. The Morgan fingerprint density at radius 1 is 1.25 bits per heavy atom. The molecule has 0 aliphatic heterocycles. The maximum Gasteiger partial charge on any atom is 0.434 e. The van der Waals surface area contributed by atoms with Crippen LogP contribution >= 0.6 is 15.9 Å². The van der Waals surface area contributed by atoms with E-state index >= 15 is 0 Å². The number of imidazole rings is 1. The number of hydrogen-bond donors (Lipinski definition) is 0. The van der Waals surface area contributed by atoms with Gasteiger partial charge in [0, 0.05) is 31.5 Å². The molecule has 0 unspecified atom stereocenters. The molecule has 2 aromatic heterocycles. The van der Waals surface area contributed by atoms with Crippen LogP contribution < -0.4 is 0 Å². The van der Waals surface area contributed by atoms with Gasteiger partial charge in [-0.3, -0.25) is 4.98 Å². The third kappa shape index (κ3) is 5.42. The summed E-state index contributed by atoms with van der Waals surface area (Å²) in [6.45, 7) is 7.18. The molecule has 2 heterocycles. The van der Waals surface area contributed by atoms with E-state index in [-0.39, 0.29) is 12.6 Å². The molecule has 0 saturated carbocycles. The van der Waals surface area contributed by atoms with Gasteiger partial charge in [0.15, 0.2) is 11.5 Å². The van der Waals surface area contributed by atoms with Crippen molar-refractivity contribution in [1.82, 2.24) is 14.5 Å². The fourth-order valence-corrected chi connectivity index (χ4v) is 2.90. The number of ether oxygens (including phenoxy) is 1. The first-order valence-corrected chi connectivity index (χ1v) is 11.9. The van der Waals surface area contributed by atoms with Crippen molar-refractivity contribution in [2.24, 2.45) is 0 Å². The Morgan fingerprint density at radius 2 is 1.96 bits per heavy atom. The van der Waals surface area contributed by atoms with Crippen molar-refractivity contribution < 1.29 is 17.9 Å². The minimum Gasteiger partial charge on any atom is -0.361 e. The zero-order chi connectivity index (χ0) is 18.0. The second kappa shape index (κ2) is 7.36. The van der Waals surface area contributed by atoms with E-state index in [9.17, 15) is 13.2 Å². The van der Waals surface area contributed by atoms with Crippen LogP contribution in [0.2, 0.25) is 25.7 Å². The predicted octanol–water partition coefficient (Wildman–Crippen LogP) is 5.04. The molecule has 0 aromatic carbocycles. The van der Waals surface area contributed by atoms with Gasteiger partial charge in [0.05, 0.1) is 0 Å². The standard InChI is InChI=1S/C15H19BrF3N3OSi/c1-24(2,3)7-6-23-10-22-9-13(15(17,18)19)21-14(22)12-5-4-11(16)8-20-12/h4-5,8-9H,6-7,10H2,1-3H3. The van der Waals surface area contributed by atoms with Crippen LogP contribution in [-0.2, 0) is 17.6 Å². The number of alkyl halides is 3. The van der Waals surface area contributed by atoms with Crippen molar-refractivity contribution in [3.63, 3.8) is 0 Å². The Hall–Kier alpha value is -1.19. The molecule has 0 saturated heterocycles. The first kappa shape index (κ1) is 19.1. The van der Waals surface area contributed by atoms with Crippen LogP contribution in [0.15, 0.2) is 29.0 Å². The number of rotatable bonds is 6. The molecule has 24 heavy (non-hydrogen) atoms. The van der Waals surface area contributed by atoms with Crippen molar-refractivity contribution in [1.29, 1.82) is 0 Å². The first-order valence-electron chi connectivity index (χ1n) is 7.40. The van der Waals surface area contributed by atoms with Crippen LogP contribution in [0.5, 0.6) is 0 Å². The third-order valence-corrected chi connectivity index (χ3v) is 5.42. The molecule has 0 spiro atoms. The minimum absolute atomic E-state index is 0.0145. The lowest BCUT2D eigenvalue weighted by atomic mass is 10.3. The highest BCUT2D eigenvalue weighted by Gasteiger charge is 2.35. The summed E-state index contributed by atoms with van der Waals surface area (Å²) in [6.07, 6.45) is -2.02. The Kier molecular flexibility index (Phi) is 5.87. The van der Waals surface area contributed by atoms with E-state index in [1.54, 1.807) is 12.1 Å². The quantitative estimate of drug-likeness (QED) is 0.484. The van der Waals surface area contributed by atoms with Crippen molar-refractivity contribution in [3.8, 4) is 11.5 Å². The average Bonchev–Trinajstić information content (AvgIpc) is 2.88. The van der Waals surface area contributed by atoms with E-state index in [4.69, 9.17) is 4.74 Å². The molecular formula is C15H19BrF3N3OSi. The molecule has 0 radical (unpaired) electrons. The topological polar surface area (TPSA) is 39.9 Å². The van der Waals surface area contributed by atoms with Crippen molar-refractivity contribution in [2.75, 3.05) is 6.61 Å². The molecule has 0 amide bonds. The Balaban J connectivity index is 2.21. The van der Waals surface area contributed by atoms with Crippen LogP contribution in [0.25, 0.3) is 11.5 Å². The fourth-order valence-electron chi connectivity index (χ4n) is 1.90. The van der Waals surface area contributed by atoms with Crippen LogP contribution in [0.3, 0.4) is 0 Å². The Bertz CT molecular complexity index is 681. The smallest absolute Gasteiger partial charge is 0.361 e. The van der Waals surface area contributed by atoms with E-state index in [1.807, 2.05) is 0 Å². The van der Waals surface area contributed by atoms with Crippen LogP contribution in [-0.4, -0.2) is 29.2 Å². The van der Waals surface area contributed by atoms with Gasteiger partial charge >= 0.3 is 6.18 Å². The van der Waals surface area contributed by atoms with Gasteiger partial charge in [-0.2, -0.15) is 13.2 Å². The summed E-state index contributed by atoms with van der Waals surface area (Å²) < 4.78 is 46.6. The van der Waals surface area contributed by atoms with Gasteiger partial charge < -0.3 is 9.30 Å². The molecular weight excluding hydrogens is 403 g/mol. The van der Waals surface area contributed by atoms with Gasteiger partial charge in [-0.15, -0.1) is 0 Å². The van der Waals surface area contributed by atoms with E-state index in [0.717, 1.165) is 16.7 Å². The summed E-state index contributed by atoms with van der Waals surface area (Å²) in [5, 5.41) is 0. The molecule has 4 nitrogen and oxygen atoms in total. The number of halogens is 4. The molecule has 0 aliphatic carbocycles. The number of hydrogen-bond acceptors (Lipinski definition) is 3. The maximum absolute atomic E-state index is 13.0. The summed E-state index contributed by atoms with van der Waals surface area (Å²) in [6, 6.07) is 4.27. The molecule has 0 N–H and O–H groups in total. The van der Waals surface area contributed by atoms with Gasteiger partial charge in [0.2, 0.25) is 0 Å². The zero-order valence-electron chi connectivity index (χ0n) is 13.7. The van der Waals surface area contributed by atoms with E-state index in [1.165, 1.54) is 10.8 Å². The van der Waals surface area contributed by atoms with Gasteiger partial charge in [-0.05, 0) is 34.1 Å². The van der Waals surface area contributed by atoms with E-state index in [2.05, 4.69) is 45.5 Å². The SMILES string of the molecule is C[Si](C)(C)CCOCn1cc(C(F)(F)F)nc1-c1ccc(Br)cn1. The lowest BCUT2D eigenvalue weighted by molar-refractivity contribution is -0.141. The van der Waals surface area contributed by atoms with Crippen molar-refractivity contribution in [3.05, 3.63) is 34.7 Å². The molecule has 2 rings (SSSR count). The number of nitrogens with zero attached hydrogens (tertiary/aromatic N) is 3. The van der Waals surface area contributed by atoms with E-state index in [0.29, 0.717) is 12.3 Å². The third-order valence-electron chi connectivity index (χ3n) is 3.25. The highest BCUT2D eigenvalue weighted by molar-refractivity contribution is 9.10. The molecule has 9 heteroatoms. The summed E-state index contributed by atoms with van der Waals surface area (Å²) in [4.78, 5) is 7.82. The monoisotopic (exact) mass is 421 g/mol. The Morgan fingerprint density at radius 3 is 2.50 bits per heavy atom. The van der Waals surface area contributed by atoms with Crippen LogP contribution in [0.4, 0.5) is 13.2 Å². The van der Waals surface area contributed by atoms with Crippen molar-refractivity contribution >= 4 is 24.0 Å². The molecule has 0 fully saturated rings. The number of aromatic nitrogens is 3. The largest absolute Gasteiger partial charge is 0.434 e. The molecule has 2 aromatic rings. The van der Waals surface area contributed by atoms with Gasteiger partial charge in [0.25, 0.3) is 0 Å². The zero-order valence-corrected chi connectivity index (χ0v) is 16.3. The number of pyridine rings is 1.